The Morgan fingerprint density at radius 1 is 0.422 bits per heavy atom. The SMILES string of the molecule is CCCCCCC/C=C\CCCCCCCC(=O)OCCCCCCCCCCC/C=C\CCCCCCCC(=O)NC(CO)C(O)CCCCCCCCCCCCCCCCC. The molecular formula is C58H111NO5. The zero-order valence-electron chi connectivity index (χ0n) is 43.0. The number of nitrogens with one attached hydrogen (secondary N) is 1. The largest absolute Gasteiger partial charge is 0.466 e. The highest BCUT2D eigenvalue weighted by atomic mass is 16.5. The first-order chi connectivity index (χ1) is 31.5. The summed E-state index contributed by atoms with van der Waals surface area (Å²) in [6, 6.07) is -0.551. The van der Waals surface area contributed by atoms with Crippen LogP contribution in [0.15, 0.2) is 24.3 Å². The second-order valence-electron chi connectivity index (χ2n) is 19.6. The van der Waals surface area contributed by atoms with Gasteiger partial charge in [0.25, 0.3) is 0 Å². The Morgan fingerprint density at radius 2 is 0.734 bits per heavy atom. The minimum Gasteiger partial charge on any atom is -0.466 e. The van der Waals surface area contributed by atoms with E-state index in [9.17, 15) is 19.8 Å². The molecule has 0 aliphatic heterocycles. The van der Waals surface area contributed by atoms with Gasteiger partial charge in [0.2, 0.25) is 5.91 Å². The smallest absolute Gasteiger partial charge is 0.305 e. The number of esters is 1. The number of aliphatic hydroxyl groups excluding tert-OH is 2. The van der Waals surface area contributed by atoms with E-state index >= 15 is 0 Å². The summed E-state index contributed by atoms with van der Waals surface area (Å²) in [5.41, 5.74) is 0. The van der Waals surface area contributed by atoms with Crippen LogP contribution in [0, 0.1) is 0 Å². The minimum absolute atomic E-state index is 0.00543. The summed E-state index contributed by atoms with van der Waals surface area (Å²) in [5, 5.41) is 23.2. The fourth-order valence-electron chi connectivity index (χ4n) is 8.81. The molecule has 2 atom stereocenters. The molecule has 378 valence electrons. The van der Waals surface area contributed by atoms with Crippen molar-refractivity contribution >= 4 is 11.9 Å². The second kappa shape index (κ2) is 54.0. The zero-order chi connectivity index (χ0) is 46.5. The molecule has 0 saturated heterocycles. The van der Waals surface area contributed by atoms with Crippen LogP contribution < -0.4 is 5.32 Å². The van der Waals surface area contributed by atoms with Crippen LogP contribution in [0.5, 0.6) is 0 Å². The molecule has 0 spiro atoms. The predicted molar refractivity (Wildman–Crippen MR) is 278 cm³/mol. The number of ether oxygens (including phenoxy) is 1. The van der Waals surface area contributed by atoms with Crippen LogP contribution in [-0.2, 0) is 14.3 Å². The van der Waals surface area contributed by atoms with Crippen molar-refractivity contribution in [1.82, 2.24) is 5.32 Å². The van der Waals surface area contributed by atoms with E-state index in [1.165, 1.54) is 218 Å². The molecule has 1 amide bonds. The molecule has 0 rings (SSSR count). The van der Waals surface area contributed by atoms with Crippen molar-refractivity contribution < 1.29 is 24.5 Å². The highest BCUT2D eigenvalue weighted by Gasteiger charge is 2.20. The molecule has 0 aromatic carbocycles. The van der Waals surface area contributed by atoms with E-state index in [1.54, 1.807) is 0 Å². The van der Waals surface area contributed by atoms with Gasteiger partial charge in [-0.25, -0.2) is 0 Å². The Kier molecular flexibility index (Phi) is 52.6. The summed E-state index contributed by atoms with van der Waals surface area (Å²) in [5.74, 6) is -0.0538. The molecular weight excluding hydrogens is 791 g/mol. The van der Waals surface area contributed by atoms with Crippen molar-refractivity contribution in [2.75, 3.05) is 13.2 Å². The van der Waals surface area contributed by atoms with E-state index in [1.807, 2.05) is 0 Å². The number of allylic oxidation sites excluding steroid dienone is 4. The highest BCUT2D eigenvalue weighted by molar-refractivity contribution is 5.76. The van der Waals surface area contributed by atoms with Gasteiger partial charge in [-0.1, -0.05) is 244 Å². The van der Waals surface area contributed by atoms with Gasteiger partial charge in [-0.05, 0) is 77.0 Å². The summed E-state index contributed by atoms with van der Waals surface area (Å²) < 4.78 is 5.47. The molecule has 0 bridgehead atoms. The van der Waals surface area contributed by atoms with Gasteiger partial charge < -0.3 is 20.3 Å². The first-order valence-electron chi connectivity index (χ1n) is 28.6. The van der Waals surface area contributed by atoms with Gasteiger partial charge in [0.1, 0.15) is 0 Å². The van der Waals surface area contributed by atoms with E-state index in [0.717, 1.165) is 57.8 Å². The maximum Gasteiger partial charge on any atom is 0.305 e. The molecule has 0 heterocycles. The third-order valence-corrected chi connectivity index (χ3v) is 13.2. The molecule has 3 N–H and O–H groups in total. The van der Waals surface area contributed by atoms with Crippen molar-refractivity contribution in [1.29, 1.82) is 0 Å². The number of unbranched alkanes of at least 4 members (excludes halogenated alkanes) is 38. The molecule has 0 radical (unpaired) electrons. The standard InChI is InChI=1S/C58H111NO5/c1-3-5-7-9-11-13-15-17-23-26-30-34-38-42-46-50-56(61)55(54-60)59-57(62)51-47-43-39-35-31-27-24-21-19-20-22-25-29-33-37-41-45-49-53-64-58(63)52-48-44-40-36-32-28-18-16-14-12-10-8-6-4-2/h16,18,21,24,55-56,60-61H,3-15,17,19-20,22-23,25-54H2,1-2H3,(H,59,62)/b18-16-,24-21-. The molecule has 6 heteroatoms. The number of carbonyl (C=O) groups excluding carboxylic acids is 2. The van der Waals surface area contributed by atoms with E-state index in [2.05, 4.69) is 43.5 Å². The van der Waals surface area contributed by atoms with Gasteiger partial charge in [-0.15, -0.1) is 0 Å². The zero-order valence-corrected chi connectivity index (χ0v) is 43.0. The summed E-state index contributed by atoms with van der Waals surface area (Å²) in [4.78, 5) is 24.5. The molecule has 0 aromatic rings. The lowest BCUT2D eigenvalue weighted by molar-refractivity contribution is -0.143. The van der Waals surface area contributed by atoms with E-state index < -0.39 is 12.1 Å². The van der Waals surface area contributed by atoms with Crippen molar-refractivity contribution in [2.45, 2.75) is 321 Å². The van der Waals surface area contributed by atoms with Crippen LogP contribution in [0.1, 0.15) is 309 Å². The highest BCUT2D eigenvalue weighted by Crippen LogP contribution is 2.17. The molecule has 6 nitrogen and oxygen atoms in total. The maximum atomic E-state index is 12.5. The third-order valence-electron chi connectivity index (χ3n) is 13.2. The van der Waals surface area contributed by atoms with Gasteiger partial charge >= 0.3 is 5.97 Å². The van der Waals surface area contributed by atoms with Gasteiger partial charge in [0.15, 0.2) is 0 Å². The number of hydrogen-bond donors (Lipinski definition) is 3. The Balaban J connectivity index is 3.45. The lowest BCUT2D eigenvalue weighted by atomic mass is 10.0. The number of carbonyl (C=O) groups is 2. The van der Waals surface area contributed by atoms with Crippen molar-refractivity contribution in [3.05, 3.63) is 24.3 Å². The summed E-state index contributed by atoms with van der Waals surface area (Å²) in [6.07, 6.45) is 64.5. The minimum atomic E-state index is -0.672. The first kappa shape index (κ1) is 62.3. The molecule has 0 saturated carbocycles. The van der Waals surface area contributed by atoms with Crippen molar-refractivity contribution in [2.24, 2.45) is 0 Å². The Hall–Kier alpha value is -1.66. The summed E-state index contributed by atoms with van der Waals surface area (Å²) in [6.45, 7) is 4.93. The molecule has 0 aromatic heterocycles. The van der Waals surface area contributed by atoms with E-state index in [4.69, 9.17) is 4.74 Å². The van der Waals surface area contributed by atoms with Crippen LogP contribution in [0.3, 0.4) is 0 Å². The molecule has 64 heavy (non-hydrogen) atoms. The Morgan fingerprint density at radius 3 is 1.11 bits per heavy atom. The Labute approximate surface area is 399 Å². The molecule has 0 fully saturated rings. The van der Waals surface area contributed by atoms with E-state index in [0.29, 0.717) is 25.9 Å². The van der Waals surface area contributed by atoms with Crippen LogP contribution >= 0.6 is 0 Å². The number of hydrogen-bond acceptors (Lipinski definition) is 5. The monoisotopic (exact) mass is 902 g/mol. The number of rotatable bonds is 53. The van der Waals surface area contributed by atoms with Crippen molar-refractivity contribution in [3.63, 3.8) is 0 Å². The van der Waals surface area contributed by atoms with Crippen LogP contribution in [-0.4, -0.2) is 47.4 Å². The first-order valence-corrected chi connectivity index (χ1v) is 28.6. The van der Waals surface area contributed by atoms with Gasteiger partial charge in [0, 0.05) is 12.8 Å². The van der Waals surface area contributed by atoms with Gasteiger partial charge in [-0.2, -0.15) is 0 Å². The summed E-state index contributed by atoms with van der Waals surface area (Å²) in [7, 11) is 0. The molecule has 0 aliphatic rings. The van der Waals surface area contributed by atoms with Crippen LogP contribution in [0.25, 0.3) is 0 Å². The normalized spacial score (nSPS) is 12.8. The summed E-state index contributed by atoms with van der Waals surface area (Å²) >= 11 is 0. The second-order valence-corrected chi connectivity index (χ2v) is 19.6. The number of amides is 1. The van der Waals surface area contributed by atoms with E-state index in [-0.39, 0.29) is 18.5 Å². The average Bonchev–Trinajstić information content (AvgIpc) is 3.29. The average molecular weight is 903 g/mol. The lowest BCUT2D eigenvalue weighted by Gasteiger charge is -2.22. The van der Waals surface area contributed by atoms with Crippen LogP contribution in [0.4, 0.5) is 0 Å². The van der Waals surface area contributed by atoms with Gasteiger partial charge in [0.05, 0.1) is 25.4 Å². The lowest BCUT2D eigenvalue weighted by Crippen LogP contribution is -2.45. The molecule has 0 aliphatic carbocycles. The van der Waals surface area contributed by atoms with Gasteiger partial charge in [-0.3, -0.25) is 9.59 Å². The molecule has 2 unspecified atom stereocenters. The predicted octanol–water partition coefficient (Wildman–Crippen LogP) is 17.5. The third kappa shape index (κ3) is 49.8. The number of aliphatic hydroxyl groups is 2. The maximum absolute atomic E-state index is 12.5. The topological polar surface area (TPSA) is 95.9 Å². The fraction of sp³-hybridized carbons (Fsp3) is 0.897. The Bertz CT molecular complexity index is 997. The van der Waals surface area contributed by atoms with Crippen molar-refractivity contribution in [3.8, 4) is 0 Å². The van der Waals surface area contributed by atoms with Crippen LogP contribution in [0.2, 0.25) is 0 Å². The quantitative estimate of drug-likeness (QED) is 0.0321. The fourth-order valence-corrected chi connectivity index (χ4v) is 8.81.